The molecule has 1 saturated heterocycles. The van der Waals surface area contributed by atoms with Crippen molar-refractivity contribution in [3.63, 3.8) is 0 Å². The number of benzene rings is 1. The van der Waals surface area contributed by atoms with Crippen LogP contribution in [0, 0.1) is 5.92 Å². The third kappa shape index (κ3) is 6.94. The van der Waals surface area contributed by atoms with Gasteiger partial charge in [-0.15, -0.1) is 0 Å². The van der Waals surface area contributed by atoms with Crippen molar-refractivity contribution >= 4 is 5.96 Å². The van der Waals surface area contributed by atoms with Gasteiger partial charge in [-0.25, -0.2) is 0 Å². The van der Waals surface area contributed by atoms with Gasteiger partial charge in [0.25, 0.3) is 0 Å². The normalized spacial score (nSPS) is 17.4. The van der Waals surface area contributed by atoms with Crippen molar-refractivity contribution in [3.8, 4) is 11.5 Å². The molecular formula is C21H36N4O2. The van der Waals surface area contributed by atoms with Crippen LogP contribution in [0.5, 0.6) is 11.5 Å². The Balaban J connectivity index is 1.67. The molecule has 1 heterocycles. The van der Waals surface area contributed by atoms with Crippen molar-refractivity contribution in [1.29, 1.82) is 0 Å². The molecule has 27 heavy (non-hydrogen) atoms. The van der Waals surface area contributed by atoms with E-state index in [4.69, 9.17) is 9.47 Å². The number of likely N-dealkylation sites (tertiary alicyclic amines) is 1. The summed E-state index contributed by atoms with van der Waals surface area (Å²) in [6.07, 6.45) is 2.17. The molecule has 0 aliphatic carbocycles. The molecule has 1 fully saturated rings. The van der Waals surface area contributed by atoms with Crippen LogP contribution in [0.1, 0.15) is 26.7 Å². The maximum atomic E-state index is 5.80. The molecule has 1 N–H and O–H groups in total. The topological polar surface area (TPSA) is 49.3 Å². The van der Waals surface area contributed by atoms with E-state index in [1.165, 1.54) is 13.0 Å². The highest BCUT2D eigenvalue weighted by atomic mass is 16.5. The molecule has 1 aromatic rings. The first kappa shape index (κ1) is 21.4. The minimum atomic E-state index is 0.668. The fraction of sp³-hybridized carbons (Fsp3) is 0.667. The fourth-order valence-corrected chi connectivity index (χ4v) is 3.51. The van der Waals surface area contributed by atoms with E-state index in [1.54, 1.807) is 7.11 Å². The number of guanidine groups is 1. The molecule has 1 aliphatic heterocycles. The largest absolute Gasteiger partial charge is 0.497 e. The van der Waals surface area contributed by atoms with E-state index < -0.39 is 0 Å². The summed E-state index contributed by atoms with van der Waals surface area (Å²) < 4.78 is 11.0. The Morgan fingerprint density at radius 3 is 2.78 bits per heavy atom. The smallest absolute Gasteiger partial charge is 0.193 e. The molecule has 1 unspecified atom stereocenters. The molecular weight excluding hydrogens is 340 g/mol. The lowest BCUT2D eigenvalue weighted by atomic mass is 10.1. The van der Waals surface area contributed by atoms with Crippen LogP contribution in [0.2, 0.25) is 0 Å². The quantitative estimate of drug-likeness (QED) is 0.387. The summed E-state index contributed by atoms with van der Waals surface area (Å²) in [5.74, 6) is 3.41. The van der Waals surface area contributed by atoms with Gasteiger partial charge in [0.15, 0.2) is 5.96 Å². The van der Waals surface area contributed by atoms with Gasteiger partial charge in [0.05, 0.1) is 13.7 Å². The summed E-state index contributed by atoms with van der Waals surface area (Å²) >= 11 is 0. The van der Waals surface area contributed by atoms with Crippen molar-refractivity contribution in [3.05, 3.63) is 24.3 Å². The zero-order valence-electron chi connectivity index (χ0n) is 17.4. The third-order valence-corrected chi connectivity index (χ3v) is 5.12. The molecule has 152 valence electrons. The summed E-state index contributed by atoms with van der Waals surface area (Å²) in [5, 5.41) is 3.48. The van der Waals surface area contributed by atoms with Crippen LogP contribution < -0.4 is 14.8 Å². The summed E-state index contributed by atoms with van der Waals surface area (Å²) in [7, 11) is 3.53. The fourth-order valence-electron chi connectivity index (χ4n) is 3.51. The summed E-state index contributed by atoms with van der Waals surface area (Å²) in [6, 6.07) is 7.72. The first-order chi connectivity index (χ1) is 13.2. The van der Waals surface area contributed by atoms with Crippen molar-refractivity contribution in [2.45, 2.75) is 26.7 Å². The molecule has 1 aromatic carbocycles. The van der Waals surface area contributed by atoms with Gasteiger partial charge in [0.1, 0.15) is 11.5 Å². The Morgan fingerprint density at radius 1 is 1.30 bits per heavy atom. The third-order valence-electron chi connectivity index (χ3n) is 5.12. The lowest BCUT2D eigenvalue weighted by Crippen LogP contribution is -2.41. The maximum Gasteiger partial charge on any atom is 0.193 e. The van der Waals surface area contributed by atoms with Gasteiger partial charge in [-0.05, 0) is 44.0 Å². The molecule has 0 saturated carbocycles. The van der Waals surface area contributed by atoms with Gasteiger partial charge in [0.2, 0.25) is 0 Å². The average molecular weight is 377 g/mol. The molecule has 0 amide bonds. The average Bonchev–Trinajstić information content (AvgIpc) is 3.17. The second-order valence-corrected chi connectivity index (χ2v) is 6.94. The Bertz CT molecular complexity index is 575. The van der Waals surface area contributed by atoms with Crippen LogP contribution in [0.15, 0.2) is 29.3 Å². The van der Waals surface area contributed by atoms with Crippen LogP contribution in [-0.2, 0) is 0 Å². The lowest BCUT2D eigenvalue weighted by Gasteiger charge is -2.24. The second kappa shape index (κ2) is 11.7. The van der Waals surface area contributed by atoms with E-state index in [-0.39, 0.29) is 0 Å². The molecule has 1 atom stereocenters. The minimum absolute atomic E-state index is 0.668. The predicted molar refractivity (Wildman–Crippen MR) is 112 cm³/mol. The lowest BCUT2D eigenvalue weighted by molar-refractivity contribution is 0.255. The van der Waals surface area contributed by atoms with Crippen molar-refractivity contribution in [2.24, 2.45) is 10.9 Å². The van der Waals surface area contributed by atoms with Gasteiger partial charge in [0, 0.05) is 39.3 Å². The molecule has 0 aromatic heterocycles. The van der Waals surface area contributed by atoms with Gasteiger partial charge < -0.3 is 24.6 Å². The van der Waals surface area contributed by atoms with E-state index in [2.05, 4.69) is 34.0 Å². The van der Waals surface area contributed by atoms with Crippen molar-refractivity contribution in [2.75, 3.05) is 60.0 Å². The monoisotopic (exact) mass is 376 g/mol. The van der Waals surface area contributed by atoms with Crippen LogP contribution in [0.4, 0.5) is 0 Å². The van der Waals surface area contributed by atoms with E-state index in [1.807, 2.05) is 31.3 Å². The highest BCUT2D eigenvalue weighted by Crippen LogP contribution is 2.19. The van der Waals surface area contributed by atoms with Gasteiger partial charge >= 0.3 is 0 Å². The number of ether oxygens (including phenoxy) is 2. The number of hydrogen-bond donors (Lipinski definition) is 1. The standard InChI is InChI=1S/C21H36N4O2/c1-5-24(6-2)16-18-11-13-25(17-18)21(22-3)23-12-8-14-27-20-10-7-9-19(15-20)26-4/h7,9-10,15,18H,5-6,8,11-14,16-17H2,1-4H3,(H,22,23). The highest BCUT2D eigenvalue weighted by Gasteiger charge is 2.25. The zero-order chi connectivity index (χ0) is 19.5. The van der Waals surface area contributed by atoms with E-state index in [0.29, 0.717) is 6.61 Å². The van der Waals surface area contributed by atoms with E-state index in [9.17, 15) is 0 Å². The van der Waals surface area contributed by atoms with Crippen LogP contribution in [-0.4, -0.2) is 75.8 Å². The predicted octanol–water partition coefficient (Wildman–Crippen LogP) is 2.70. The van der Waals surface area contributed by atoms with Gasteiger partial charge in [-0.2, -0.15) is 0 Å². The Labute approximate surface area is 164 Å². The number of nitrogens with zero attached hydrogens (tertiary/aromatic N) is 3. The summed E-state index contributed by atoms with van der Waals surface area (Å²) in [4.78, 5) is 9.36. The van der Waals surface area contributed by atoms with Crippen LogP contribution in [0.25, 0.3) is 0 Å². The SMILES string of the molecule is CCN(CC)CC1CCN(C(=NC)NCCCOc2cccc(OC)c2)C1. The maximum absolute atomic E-state index is 5.80. The molecule has 2 rings (SSSR count). The highest BCUT2D eigenvalue weighted by molar-refractivity contribution is 5.80. The molecule has 0 radical (unpaired) electrons. The van der Waals surface area contributed by atoms with E-state index in [0.717, 1.165) is 62.5 Å². The first-order valence-electron chi connectivity index (χ1n) is 10.1. The number of nitrogens with one attached hydrogen (secondary N) is 1. The van der Waals surface area contributed by atoms with Crippen molar-refractivity contribution in [1.82, 2.24) is 15.1 Å². The molecule has 0 spiro atoms. The first-order valence-corrected chi connectivity index (χ1v) is 10.1. The summed E-state index contributed by atoms with van der Waals surface area (Å²) in [5.41, 5.74) is 0. The Kier molecular flexibility index (Phi) is 9.25. The molecule has 0 bridgehead atoms. The molecule has 1 aliphatic rings. The molecule has 6 heteroatoms. The van der Waals surface area contributed by atoms with Gasteiger partial charge in [-0.1, -0.05) is 19.9 Å². The Morgan fingerprint density at radius 2 is 2.07 bits per heavy atom. The number of methoxy groups -OCH3 is 1. The number of aliphatic imine (C=N–C) groups is 1. The second-order valence-electron chi connectivity index (χ2n) is 6.94. The Hall–Kier alpha value is -1.95. The molecule has 6 nitrogen and oxygen atoms in total. The van der Waals surface area contributed by atoms with Crippen molar-refractivity contribution < 1.29 is 9.47 Å². The minimum Gasteiger partial charge on any atom is -0.497 e. The zero-order valence-corrected chi connectivity index (χ0v) is 17.4. The number of rotatable bonds is 10. The summed E-state index contributed by atoms with van der Waals surface area (Å²) in [6.45, 7) is 11.6. The number of hydrogen-bond acceptors (Lipinski definition) is 4. The van der Waals surface area contributed by atoms with Gasteiger partial charge in [-0.3, -0.25) is 4.99 Å². The van der Waals surface area contributed by atoms with Crippen LogP contribution in [0.3, 0.4) is 0 Å². The van der Waals surface area contributed by atoms with Crippen LogP contribution >= 0.6 is 0 Å². The van der Waals surface area contributed by atoms with E-state index >= 15 is 0 Å².